The summed E-state index contributed by atoms with van der Waals surface area (Å²) in [4.78, 5) is 22.5. The van der Waals surface area contributed by atoms with Gasteiger partial charge in [0.2, 0.25) is 0 Å². The Morgan fingerprint density at radius 1 is 1.03 bits per heavy atom. The van der Waals surface area contributed by atoms with E-state index in [9.17, 15) is 0 Å². The Morgan fingerprint density at radius 2 is 1.63 bits per heavy atom. The first-order chi connectivity index (χ1) is 14.5. The number of unbranched alkanes of at least 4 members (excludes halogenated alkanes) is 1. The van der Waals surface area contributed by atoms with Crippen molar-refractivity contribution in [2.75, 3.05) is 25.0 Å². The Hall–Kier alpha value is -3.55. The van der Waals surface area contributed by atoms with Crippen molar-refractivity contribution in [3.05, 3.63) is 59.7 Å². The van der Waals surface area contributed by atoms with Gasteiger partial charge < -0.3 is 25.6 Å². The number of nitrogens with zero attached hydrogens (tertiary/aromatic N) is 1. The lowest BCUT2D eigenvalue weighted by molar-refractivity contribution is -0.159. The number of ether oxygens (including phenoxy) is 1. The first-order valence-corrected chi connectivity index (χ1v) is 9.80. The van der Waals surface area contributed by atoms with Crippen LogP contribution in [0.2, 0.25) is 0 Å². The van der Waals surface area contributed by atoms with Crippen molar-refractivity contribution < 1.29 is 24.5 Å². The van der Waals surface area contributed by atoms with E-state index < -0.39 is 11.9 Å². The predicted octanol–water partition coefficient (Wildman–Crippen LogP) is 2.98. The molecule has 30 heavy (non-hydrogen) atoms. The van der Waals surface area contributed by atoms with E-state index in [2.05, 4.69) is 71.1 Å². The van der Waals surface area contributed by atoms with E-state index in [0.29, 0.717) is 0 Å². The normalized spacial score (nSPS) is 12.1. The first kappa shape index (κ1) is 22.7. The molecule has 0 unspecified atom stereocenters. The minimum absolute atomic E-state index is 0.796. The average molecular weight is 413 g/mol. The van der Waals surface area contributed by atoms with Crippen LogP contribution >= 0.6 is 0 Å². The Morgan fingerprint density at radius 3 is 2.13 bits per heavy atom. The molecule has 0 spiro atoms. The van der Waals surface area contributed by atoms with Crippen molar-refractivity contribution in [2.45, 2.75) is 26.2 Å². The smallest absolute Gasteiger partial charge is 0.414 e. The lowest BCUT2D eigenvalue weighted by Crippen LogP contribution is -2.26. The van der Waals surface area contributed by atoms with E-state index in [4.69, 9.17) is 24.5 Å². The summed E-state index contributed by atoms with van der Waals surface area (Å²) in [6.07, 6.45) is 3.19. The summed E-state index contributed by atoms with van der Waals surface area (Å²) in [6, 6.07) is 16.9. The Bertz CT molecular complexity index is 836. The topological polar surface area (TPSA) is 120 Å². The highest BCUT2D eigenvalue weighted by Crippen LogP contribution is 2.17. The van der Waals surface area contributed by atoms with Crippen molar-refractivity contribution in [1.29, 1.82) is 0 Å². The number of anilines is 1. The number of carbonyl (C=O) groups is 2. The SMILES string of the molecule is CCCCOc1ccc(Cc2ccc(NC3=NCCN3)cc2)cc1.O=C(O)C(=O)O. The van der Waals surface area contributed by atoms with Gasteiger partial charge in [-0.1, -0.05) is 37.6 Å². The Balaban J connectivity index is 0.000000469. The maximum atomic E-state index is 9.10. The van der Waals surface area contributed by atoms with Gasteiger partial charge in [-0.05, 0) is 48.2 Å². The number of benzene rings is 2. The van der Waals surface area contributed by atoms with Gasteiger partial charge in [-0.25, -0.2) is 9.59 Å². The summed E-state index contributed by atoms with van der Waals surface area (Å²) in [5, 5.41) is 21.3. The summed E-state index contributed by atoms with van der Waals surface area (Å²) in [7, 11) is 0. The maximum absolute atomic E-state index is 9.10. The Kier molecular flexibility index (Phi) is 9.18. The number of carboxylic acids is 2. The van der Waals surface area contributed by atoms with Crippen molar-refractivity contribution in [2.24, 2.45) is 4.99 Å². The molecule has 4 N–H and O–H groups in total. The fraction of sp³-hybridized carbons (Fsp3) is 0.318. The van der Waals surface area contributed by atoms with E-state index in [1.54, 1.807) is 0 Å². The summed E-state index contributed by atoms with van der Waals surface area (Å²) < 4.78 is 5.71. The van der Waals surface area contributed by atoms with Crippen LogP contribution in [0, 0.1) is 0 Å². The van der Waals surface area contributed by atoms with E-state index >= 15 is 0 Å². The van der Waals surface area contributed by atoms with Gasteiger partial charge in [0.05, 0.1) is 13.2 Å². The molecule has 2 aromatic carbocycles. The zero-order chi connectivity index (χ0) is 21.8. The molecule has 0 aliphatic carbocycles. The number of aliphatic imine (C=N–C) groups is 1. The highest BCUT2D eigenvalue weighted by atomic mass is 16.5. The minimum atomic E-state index is -1.82. The van der Waals surface area contributed by atoms with Crippen LogP contribution in [0.4, 0.5) is 5.69 Å². The number of nitrogens with one attached hydrogen (secondary N) is 2. The number of guanidine groups is 1. The molecule has 0 fully saturated rings. The van der Waals surface area contributed by atoms with Crippen LogP contribution in [-0.4, -0.2) is 47.8 Å². The molecule has 1 aliphatic rings. The monoisotopic (exact) mass is 413 g/mol. The van der Waals surface area contributed by atoms with Gasteiger partial charge in [0.25, 0.3) is 0 Å². The van der Waals surface area contributed by atoms with E-state index in [1.807, 2.05) is 0 Å². The van der Waals surface area contributed by atoms with E-state index in [1.165, 1.54) is 11.1 Å². The number of carboxylic acid groups (broad SMARTS) is 2. The average Bonchev–Trinajstić information content (AvgIpc) is 3.24. The largest absolute Gasteiger partial charge is 0.494 e. The highest BCUT2D eigenvalue weighted by Gasteiger charge is 2.05. The molecule has 0 atom stereocenters. The number of hydrogen-bond donors (Lipinski definition) is 4. The second-order valence-corrected chi connectivity index (χ2v) is 6.61. The van der Waals surface area contributed by atoms with Crippen molar-refractivity contribution in [1.82, 2.24) is 5.32 Å². The van der Waals surface area contributed by atoms with Gasteiger partial charge in [-0.2, -0.15) is 0 Å². The van der Waals surface area contributed by atoms with Crippen LogP contribution in [0.5, 0.6) is 5.75 Å². The molecule has 3 rings (SSSR count). The van der Waals surface area contributed by atoms with Crippen molar-refractivity contribution in [3.8, 4) is 5.75 Å². The number of aliphatic carboxylic acids is 2. The van der Waals surface area contributed by atoms with Crippen LogP contribution in [0.25, 0.3) is 0 Å². The number of rotatable bonds is 7. The molecule has 160 valence electrons. The second-order valence-electron chi connectivity index (χ2n) is 6.61. The standard InChI is InChI=1S/C20H25N3O.C2H2O4/c1-2-3-14-24-19-10-6-17(7-11-19)15-16-4-8-18(9-5-16)23-20-21-12-13-22-20;3-1(4)2(5)6/h4-11H,2-3,12-15H2,1H3,(H2,21,22,23);(H,3,4)(H,5,6). The molecule has 0 saturated heterocycles. The molecule has 0 radical (unpaired) electrons. The molecule has 8 heteroatoms. The fourth-order valence-corrected chi connectivity index (χ4v) is 2.60. The lowest BCUT2D eigenvalue weighted by Gasteiger charge is -2.09. The highest BCUT2D eigenvalue weighted by molar-refractivity contribution is 6.27. The van der Waals surface area contributed by atoms with Crippen molar-refractivity contribution >= 4 is 23.6 Å². The van der Waals surface area contributed by atoms with Crippen LogP contribution < -0.4 is 15.4 Å². The van der Waals surface area contributed by atoms with E-state index in [-0.39, 0.29) is 0 Å². The zero-order valence-electron chi connectivity index (χ0n) is 16.9. The lowest BCUT2D eigenvalue weighted by atomic mass is 10.0. The van der Waals surface area contributed by atoms with Crippen molar-refractivity contribution in [3.63, 3.8) is 0 Å². The summed E-state index contributed by atoms with van der Waals surface area (Å²) in [6.45, 7) is 4.73. The third kappa shape index (κ3) is 8.22. The van der Waals surface area contributed by atoms with Gasteiger partial charge in [0.1, 0.15) is 5.75 Å². The molecule has 0 aromatic heterocycles. The summed E-state index contributed by atoms with van der Waals surface area (Å²) in [5.74, 6) is -1.83. The molecule has 1 heterocycles. The zero-order valence-corrected chi connectivity index (χ0v) is 16.9. The summed E-state index contributed by atoms with van der Waals surface area (Å²) >= 11 is 0. The molecule has 8 nitrogen and oxygen atoms in total. The minimum Gasteiger partial charge on any atom is -0.494 e. The summed E-state index contributed by atoms with van der Waals surface area (Å²) in [5.41, 5.74) is 3.65. The van der Waals surface area contributed by atoms with Gasteiger partial charge in [0.15, 0.2) is 5.96 Å². The molecular formula is C22H27N3O5. The predicted molar refractivity (Wildman–Crippen MR) is 115 cm³/mol. The number of hydrogen-bond acceptors (Lipinski definition) is 6. The first-order valence-electron chi connectivity index (χ1n) is 9.80. The third-order valence-corrected chi connectivity index (χ3v) is 4.17. The quantitative estimate of drug-likeness (QED) is 0.407. The molecular weight excluding hydrogens is 386 g/mol. The Labute approximate surface area is 175 Å². The molecule has 1 aliphatic heterocycles. The van der Waals surface area contributed by atoms with Gasteiger partial charge in [-0.15, -0.1) is 0 Å². The third-order valence-electron chi connectivity index (χ3n) is 4.17. The second kappa shape index (κ2) is 12.1. The van der Waals surface area contributed by atoms with Gasteiger partial charge in [0, 0.05) is 12.2 Å². The molecule has 2 aromatic rings. The van der Waals surface area contributed by atoms with Crippen LogP contribution in [0.15, 0.2) is 53.5 Å². The van der Waals surface area contributed by atoms with Gasteiger partial charge in [-0.3, -0.25) is 4.99 Å². The molecule has 0 amide bonds. The van der Waals surface area contributed by atoms with Crippen LogP contribution in [0.1, 0.15) is 30.9 Å². The fourth-order valence-electron chi connectivity index (χ4n) is 2.60. The molecule has 0 saturated carbocycles. The van der Waals surface area contributed by atoms with E-state index in [0.717, 1.165) is 56.4 Å². The van der Waals surface area contributed by atoms with Crippen LogP contribution in [-0.2, 0) is 16.0 Å². The molecule has 0 bridgehead atoms. The maximum Gasteiger partial charge on any atom is 0.414 e. The van der Waals surface area contributed by atoms with Gasteiger partial charge >= 0.3 is 11.9 Å². The van der Waals surface area contributed by atoms with Crippen LogP contribution in [0.3, 0.4) is 0 Å².